The van der Waals surface area contributed by atoms with E-state index in [9.17, 15) is 0 Å². The largest absolute Gasteiger partial charge is 0.456 e. The predicted molar refractivity (Wildman–Crippen MR) is 516 cm³/mol. The lowest BCUT2D eigenvalue weighted by atomic mass is 10.0. The molecule has 0 aliphatic heterocycles. The molecule has 0 aliphatic carbocycles. The van der Waals surface area contributed by atoms with Crippen LogP contribution in [0.5, 0.6) is 0 Å². The first-order valence-corrected chi connectivity index (χ1v) is 41.7. The minimum atomic E-state index is 0.865. The SMILES string of the molecule is c1ccc(-c2ccc(N(c3ccc(-c4ccccc4)cc3)c3ccc(-c4ccc(N(c5ccc(-c6ccccc6)cc5)c5ccc6c(c5)oc5ccccc56)cc4)cc3)cc2)cc1.c1ccc2cc(N(c3ccc(-c4ccc(N(c5ccc6ccccc6c5)c5ccc6oc7ccccc7c6c5)cc4)cc3)c3ccc4oc5ccccc5c4c3)ccc2c1. The molecule has 0 spiro atoms. The molecule has 0 unspecified atom stereocenters. The zero-order valence-electron chi connectivity index (χ0n) is 67.0. The third kappa shape index (κ3) is 14.3. The van der Waals surface area contributed by atoms with E-state index in [2.05, 4.69) is 456 Å². The highest BCUT2D eigenvalue weighted by atomic mass is 16.3. The molecular formula is C116H78N4O3. The summed E-state index contributed by atoms with van der Waals surface area (Å²) in [6, 6.07) is 168. The van der Waals surface area contributed by atoms with Crippen molar-refractivity contribution in [2.75, 3.05) is 19.6 Å². The van der Waals surface area contributed by atoms with Crippen LogP contribution >= 0.6 is 0 Å². The smallest absolute Gasteiger partial charge is 0.137 e. The van der Waals surface area contributed by atoms with E-state index in [1.54, 1.807) is 0 Å². The average Bonchev–Trinajstić information content (AvgIpc) is 1.59. The van der Waals surface area contributed by atoms with Crippen molar-refractivity contribution in [3.8, 4) is 55.6 Å². The third-order valence-electron chi connectivity index (χ3n) is 23.7. The Bertz CT molecular complexity index is 7440. The molecule has 3 aromatic heterocycles. The maximum atomic E-state index is 6.37. The number of benzene rings is 20. The van der Waals surface area contributed by atoms with Gasteiger partial charge in [-0.05, 0) is 253 Å². The predicted octanol–water partition coefficient (Wildman–Crippen LogP) is 33.6. The van der Waals surface area contributed by atoms with Crippen molar-refractivity contribution < 1.29 is 13.3 Å². The Morgan fingerprint density at radius 1 is 0.114 bits per heavy atom. The van der Waals surface area contributed by atoms with E-state index in [1.165, 1.54) is 54.9 Å². The van der Waals surface area contributed by atoms with Crippen LogP contribution in [0.3, 0.4) is 0 Å². The van der Waals surface area contributed by atoms with Crippen molar-refractivity contribution in [2.45, 2.75) is 0 Å². The highest BCUT2D eigenvalue weighted by molar-refractivity contribution is 6.09. The van der Waals surface area contributed by atoms with E-state index >= 15 is 0 Å². The Hall–Kier alpha value is -16.5. The van der Waals surface area contributed by atoms with Crippen LogP contribution in [-0.2, 0) is 0 Å². The molecule has 0 fully saturated rings. The summed E-state index contributed by atoms with van der Waals surface area (Å²) in [6.07, 6.45) is 0. The molecule has 0 saturated heterocycles. The minimum absolute atomic E-state index is 0.865. The number of para-hydroxylation sites is 3. The molecule has 23 rings (SSSR count). The molecular weight excluding hydrogens is 1500 g/mol. The maximum Gasteiger partial charge on any atom is 0.137 e. The van der Waals surface area contributed by atoms with Gasteiger partial charge in [-0.1, -0.05) is 291 Å². The Balaban J connectivity index is 0.000000147. The van der Waals surface area contributed by atoms with Crippen LogP contribution in [-0.4, -0.2) is 0 Å². The molecule has 0 bridgehead atoms. The van der Waals surface area contributed by atoms with Gasteiger partial charge in [0.2, 0.25) is 0 Å². The quantitative estimate of drug-likeness (QED) is 0.0900. The van der Waals surface area contributed by atoms with Gasteiger partial charge >= 0.3 is 0 Å². The first kappa shape index (κ1) is 72.9. The van der Waals surface area contributed by atoms with E-state index in [0.717, 1.165) is 156 Å². The molecule has 0 atom stereocenters. The van der Waals surface area contributed by atoms with E-state index in [4.69, 9.17) is 13.3 Å². The lowest BCUT2D eigenvalue weighted by Crippen LogP contribution is -2.10. The second kappa shape index (κ2) is 31.8. The number of nitrogens with zero attached hydrogens (tertiary/aromatic N) is 4. The number of hydrogen-bond acceptors (Lipinski definition) is 7. The topological polar surface area (TPSA) is 52.4 Å². The van der Waals surface area contributed by atoms with Gasteiger partial charge in [0.25, 0.3) is 0 Å². The number of furan rings is 3. The van der Waals surface area contributed by atoms with Crippen molar-refractivity contribution >= 4 is 156 Å². The van der Waals surface area contributed by atoms with Gasteiger partial charge in [0.05, 0.1) is 0 Å². The third-order valence-corrected chi connectivity index (χ3v) is 23.7. The van der Waals surface area contributed by atoms with E-state index in [0.29, 0.717) is 0 Å². The van der Waals surface area contributed by atoms with Crippen LogP contribution in [0.25, 0.3) is 143 Å². The van der Waals surface area contributed by atoms with Gasteiger partial charge in [0, 0.05) is 107 Å². The van der Waals surface area contributed by atoms with Crippen molar-refractivity contribution in [3.63, 3.8) is 0 Å². The van der Waals surface area contributed by atoms with E-state index in [-0.39, 0.29) is 0 Å². The lowest BCUT2D eigenvalue weighted by molar-refractivity contribution is 0.668. The molecule has 0 radical (unpaired) electrons. The van der Waals surface area contributed by atoms with Crippen LogP contribution in [0.4, 0.5) is 68.2 Å². The summed E-state index contributed by atoms with van der Waals surface area (Å²) in [4.78, 5) is 9.30. The van der Waals surface area contributed by atoms with Gasteiger partial charge in [0.1, 0.15) is 33.5 Å². The fourth-order valence-corrected chi connectivity index (χ4v) is 17.5. The Labute approximate surface area is 712 Å². The summed E-state index contributed by atoms with van der Waals surface area (Å²) in [5.41, 5.74) is 29.9. The van der Waals surface area contributed by atoms with Gasteiger partial charge in [-0.25, -0.2) is 0 Å². The van der Waals surface area contributed by atoms with Crippen molar-refractivity contribution in [1.29, 1.82) is 0 Å². The molecule has 7 heteroatoms. The standard InChI is InChI=1S/C60H42N2O.C56H36N2O2/c1-4-12-43(13-5-1)46-20-30-51(31-21-46)61(52-32-22-47(23-33-52)44-14-6-2-7-15-44)53-34-26-49(27-35-53)50-28-38-55(39-29-50)62(54-36-24-48(25-37-54)45-16-8-3-9-17-45)56-40-41-58-57-18-10-11-19-59(57)63-60(58)42-56;1-3-11-41-33-45(27-21-37(41)9-1)57(47-29-31-55-51(35-47)49-13-5-7-15-53(49)59-55)43-23-17-39(18-24-43)40-19-25-44(26-20-40)58(46-28-22-38-10-2-4-12-42(38)34-46)48-30-32-56-52(36-48)50-14-6-8-16-54(50)60-56/h1-42H;1-36H. The molecule has 123 heavy (non-hydrogen) atoms. The van der Waals surface area contributed by atoms with Crippen LogP contribution in [0.15, 0.2) is 486 Å². The molecule has 0 amide bonds. The van der Waals surface area contributed by atoms with Crippen LogP contribution in [0, 0.1) is 0 Å². The van der Waals surface area contributed by atoms with Gasteiger partial charge < -0.3 is 32.9 Å². The lowest BCUT2D eigenvalue weighted by Gasteiger charge is -2.27. The van der Waals surface area contributed by atoms with Gasteiger partial charge in [0.15, 0.2) is 0 Å². The monoisotopic (exact) mass is 1570 g/mol. The second-order valence-electron chi connectivity index (χ2n) is 31.2. The molecule has 0 saturated carbocycles. The molecule has 0 N–H and O–H groups in total. The molecule has 20 aromatic carbocycles. The number of hydrogen-bond donors (Lipinski definition) is 0. The van der Waals surface area contributed by atoms with Crippen molar-refractivity contribution in [2.24, 2.45) is 0 Å². The zero-order chi connectivity index (χ0) is 81.5. The molecule has 23 aromatic rings. The molecule has 7 nitrogen and oxygen atoms in total. The number of rotatable bonds is 17. The summed E-state index contributed by atoms with van der Waals surface area (Å²) in [5, 5.41) is 11.5. The fourth-order valence-electron chi connectivity index (χ4n) is 17.5. The molecule has 3 heterocycles. The number of fused-ring (bicyclic) bond motifs is 11. The summed E-state index contributed by atoms with van der Waals surface area (Å²) < 4.78 is 18.8. The van der Waals surface area contributed by atoms with Crippen LogP contribution < -0.4 is 19.6 Å². The summed E-state index contributed by atoms with van der Waals surface area (Å²) in [7, 11) is 0. The normalized spacial score (nSPS) is 11.4. The maximum absolute atomic E-state index is 6.37. The van der Waals surface area contributed by atoms with Gasteiger partial charge in [-0.3, -0.25) is 0 Å². The number of anilines is 12. The summed E-state index contributed by atoms with van der Waals surface area (Å²) in [5.74, 6) is 0. The minimum Gasteiger partial charge on any atom is -0.456 e. The zero-order valence-corrected chi connectivity index (χ0v) is 67.0. The molecule has 0 aliphatic rings. The fraction of sp³-hybridized carbons (Fsp3) is 0. The summed E-state index contributed by atoms with van der Waals surface area (Å²) in [6.45, 7) is 0. The van der Waals surface area contributed by atoms with Gasteiger partial charge in [-0.2, -0.15) is 0 Å². The summed E-state index contributed by atoms with van der Waals surface area (Å²) >= 11 is 0. The van der Waals surface area contributed by atoms with Gasteiger partial charge in [-0.15, -0.1) is 0 Å². The van der Waals surface area contributed by atoms with Crippen LogP contribution in [0.2, 0.25) is 0 Å². The first-order valence-electron chi connectivity index (χ1n) is 41.7. The first-order chi connectivity index (χ1) is 60.9. The highest BCUT2D eigenvalue weighted by Gasteiger charge is 2.23. The van der Waals surface area contributed by atoms with E-state index in [1.807, 2.05) is 36.4 Å². The van der Waals surface area contributed by atoms with E-state index < -0.39 is 0 Å². The van der Waals surface area contributed by atoms with Crippen molar-refractivity contribution in [3.05, 3.63) is 473 Å². The second-order valence-corrected chi connectivity index (χ2v) is 31.2. The molecule has 580 valence electrons. The average molecular weight is 1580 g/mol. The Kier molecular flexibility index (Phi) is 18.8. The Morgan fingerprint density at radius 2 is 0.317 bits per heavy atom. The Morgan fingerprint density at radius 3 is 0.650 bits per heavy atom. The highest BCUT2D eigenvalue weighted by Crippen LogP contribution is 2.47. The van der Waals surface area contributed by atoms with Crippen molar-refractivity contribution in [1.82, 2.24) is 0 Å². The van der Waals surface area contributed by atoms with Crippen LogP contribution in [0.1, 0.15) is 0 Å².